The smallest absolute Gasteiger partial charge is 0.389 e. The standard InChI is InChI=1S/C41H43F4NO3/c1-28(39-26-31-13-8-9-16-38(31)46-39)22-37(40(47)48)33-23-32(24-36(25-33)49-35-15-11-14-34(42)27-35)30-19-17-29(18-20-30)12-7-5-3-2-4-6-10-21-41(43,44)45/h8-9,11,13-20,23-28,37,46H,2-7,10,12,21-22H2,1H3,(H,47,48). The number of rotatable bonds is 17. The van der Waals surface area contributed by atoms with Gasteiger partial charge >= 0.3 is 12.1 Å². The molecular weight excluding hydrogens is 630 g/mol. The SMILES string of the molecule is CC(CC(C(=O)O)c1cc(Oc2cccc(F)c2)cc(-c2ccc(CCCCCCCCCC(F)(F)F)cc2)c1)c1cc2ccccc2[nH]1. The van der Waals surface area contributed by atoms with Gasteiger partial charge in [-0.3, -0.25) is 4.79 Å². The maximum atomic E-state index is 14.0. The van der Waals surface area contributed by atoms with Crippen molar-refractivity contribution < 1.29 is 32.2 Å². The fourth-order valence-electron chi connectivity index (χ4n) is 6.34. The van der Waals surface area contributed by atoms with Gasteiger partial charge in [0.2, 0.25) is 0 Å². The highest BCUT2D eigenvalue weighted by molar-refractivity contribution is 5.81. The second-order valence-electron chi connectivity index (χ2n) is 13.0. The number of aromatic amines is 1. The van der Waals surface area contributed by atoms with E-state index in [1.165, 1.54) is 17.7 Å². The Balaban J connectivity index is 1.28. The van der Waals surface area contributed by atoms with Crippen LogP contribution in [0.15, 0.2) is 97.1 Å². The van der Waals surface area contributed by atoms with Crippen molar-refractivity contribution in [3.63, 3.8) is 0 Å². The molecule has 0 saturated carbocycles. The van der Waals surface area contributed by atoms with E-state index in [9.17, 15) is 27.5 Å². The van der Waals surface area contributed by atoms with E-state index in [0.717, 1.165) is 66.2 Å². The molecule has 0 saturated heterocycles. The number of fused-ring (bicyclic) bond motifs is 1. The van der Waals surface area contributed by atoms with Gasteiger partial charge in [0.1, 0.15) is 17.3 Å². The molecule has 5 rings (SSSR count). The molecule has 1 heterocycles. The molecule has 0 bridgehead atoms. The van der Waals surface area contributed by atoms with E-state index in [4.69, 9.17) is 4.74 Å². The lowest BCUT2D eigenvalue weighted by Gasteiger charge is -2.20. The predicted molar refractivity (Wildman–Crippen MR) is 187 cm³/mol. The van der Waals surface area contributed by atoms with Crippen molar-refractivity contribution in [3.8, 4) is 22.6 Å². The van der Waals surface area contributed by atoms with E-state index >= 15 is 0 Å². The number of nitrogens with one attached hydrogen (secondary N) is 1. The summed E-state index contributed by atoms with van der Waals surface area (Å²) in [4.78, 5) is 16.2. The minimum absolute atomic E-state index is 0.0709. The lowest BCUT2D eigenvalue weighted by molar-refractivity contribution is -0.139. The first-order valence-corrected chi connectivity index (χ1v) is 17.1. The highest BCUT2D eigenvalue weighted by atomic mass is 19.4. The summed E-state index contributed by atoms with van der Waals surface area (Å²) in [6.45, 7) is 2.02. The van der Waals surface area contributed by atoms with Crippen LogP contribution in [0.5, 0.6) is 11.5 Å². The lowest BCUT2D eigenvalue weighted by Crippen LogP contribution is -2.15. The van der Waals surface area contributed by atoms with Crippen molar-refractivity contribution in [2.45, 2.75) is 89.1 Å². The topological polar surface area (TPSA) is 62.3 Å². The van der Waals surface area contributed by atoms with Crippen LogP contribution in [-0.4, -0.2) is 22.2 Å². The molecule has 0 aliphatic carbocycles. The summed E-state index contributed by atoms with van der Waals surface area (Å²) in [5, 5.41) is 11.5. The normalized spacial score (nSPS) is 13.0. The number of alkyl halides is 3. The molecule has 0 fully saturated rings. The molecule has 4 aromatic carbocycles. The number of H-pyrrole nitrogens is 1. The molecule has 1 aromatic heterocycles. The monoisotopic (exact) mass is 673 g/mol. The average Bonchev–Trinajstić information content (AvgIpc) is 3.51. The van der Waals surface area contributed by atoms with Crippen LogP contribution in [0, 0.1) is 5.82 Å². The number of aliphatic carboxylic acids is 1. The molecule has 2 unspecified atom stereocenters. The van der Waals surface area contributed by atoms with Crippen molar-refractivity contribution in [3.05, 3.63) is 120 Å². The molecule has 5 aromatic rings. The molecule has 8 heteroatoms. The van der Waals surface area contributed by atoms with E-state index in [-0.39, 0.29) is 12.3 Å². The van der Waals surface area contributed by atoms with Gasteiger partial charge in [-0.25, -0.2) is 4.39 Å². The van der Waals surface area contributed by atoms with Gasteiger partial charge in [0.05, 0.1) is 5.92 Å². The summed E-state index contributed by atoms with van der Waals surface area (Å²) >= 11 is 0. The van der Waals surface area contributed by atoms with E-state index in [1.54, 1.807) is 18.2 Å². The van der Waals surface area contributed by atoms with Gasteiger partial charge in [-0.2, -0.15) is 13.2 Å². The van der Waals surface area contributed by atoms with Gasteiger partial charge in [-0.1, -0.05) is 93.6 Å². The van der Waals surface area contributed by atoms with Gasteiger partial charge in [-0.15, -0.1) is 0 Å². The minimum atomic E-state index is -4.06. The zero-order chi connectivity index (χ0) is 34.8. The van der Waals surface area contributed by atoms with E-state index in [1.807, 2.05) is 55.5 Å². The molecule has 0 aliphatic rings. The maximum absolute atomic E-state index is 14.0. The molecule has 49 heavy (non-hydrogen) atoms. The van der Waals surface area contributed by atoms with Crippen LogP contribution in [0.2, 0.25) is 0 Å². The summed E-state index contributed by atoms with van der Waals surface area (Å²) < 4.78 is 56.9. The number of carboxylic acid groups (broad SMARTS) is 1. The summed E-state index contributed by atoms with van der Waals surface area (Å²) in [5.74, 6) is -1.52. The second kappa shape index (κ2) is 16.7. The van der Waals surface area contributed by atoms with Gasteiger partial charge < -0.3 is 14.8 Å². The number of ether oxygens (including phenoxy) is 1. The third kappa shape index (κ3) is 10.7. The molecule has 0 aliphatic heterocycles. The molecule has 2 atom stereocenters. The summed E-state index contributed by atoms with van der Waals surface area (Å²) in [6.07, 6.45) is 2.14. The first kappa shape index (κ1) is 35.7. The zero-order valence-electron chi connectivity index (χ0n) is 27.7. The van der Waals surface area contributed by atoms with Crippen LogP contribution in [-0.2, 0) is 11.2 Å². The Morgan fingerprint density at radius 3 is 2.18 bits per heavy atom. The Labute approximate surface area is 285 Å². The minimum Gasteiger partial charge on any atom is -0.481 e. The third-order valence-electron chi connectivity index (χ3n) is 9.05. The number of aromatic nitrogens is 1. The number of para-hydroxylation sites is 1. The van der Waals surface area contributed by atoms with E-state index in [2.05, 4.69) is 23.2 Å². The van der Waals surface area contributed by atoms with Crippen LogP contribution in [0.3, 0.4) is 0 Å². The highest BCUT2D eigenvalue weighted by Gasteiger charge is 2.26. The number of aryl methyl sites for hydroxylation is 1. The van der Waals surface area contributed by atoms with E-state index in [0.29, 0.717) is 29.9 Å². The first-order chi connectivity index (χ1) is 23.5. The van der Waals surface area contributed by atoms with Crippen molar-refractivity contribution in [1.82, 2.24) is 4.98 Å². The number of benzene rings is 4. The number of hydrogen-bond acceptors (Lipinski definition) is 2. The molecule has 4 nitrogen and oxygen atoms in total. The zero-order valence-corrected chi connectivity index (χ0v) is 27.7. The molecule has 2 N–H and O–H groups in total. The summed E-state index contributed by atoms with van der Waals surface area (Å²) in [7, 11) is 0. The Kier molecular flexibility index (Phi) is 12.2. The van der Waals surface area contributed by atoms with Crippen LogP contribution in [0.1, 0.15) is 93.4 Å². The molecule has 258 valence electrons. The van der Waals surface area contributed by atoms with Crippen molar-refractivity contribution in [1.29, 1.82) is 0 Å². The Hall–Kier alpha value is -4.59. The Morgan fingerprint density at radius 1 is 0.776 bits per heavy atom. The van der Waals surface area contributed by atoms with E-state index < -0.39 is 30.3 Å². The maximum Gasteiger partial charge on any atom is 0.389 e. The van der Waals surface area contributed by atoms with Crippen molar-refractivity contribution in [2.75, 3.05) is 0 Å². The van der Waals surface area contributed by atoms with Crippen LogP contribution >= 0.6 is 0 Å². The van der Waals surface area contributed by atoms with Gasteiger partial charge in [0.15, 0.2) is 0 Å². The summed E-state index contributed by atoms with van der Waals surface area (Å²) in [5.41, 5.74) is 5.45. The predicted octanol–water partition coefficient (Wildman–Crippen LogP) is 12.4. The molecule has 0 radical (unpaired) electrons. The van der Waals surface area contributed by atoms with Gasteiger partial charge in [0, 0.05) is 23.7 Å². The number of unbranched alkanes of at least 4 members (excludes halogenated alkanes) is 6. The van der Waals surface area contributed by atoms with Crippen LogP contribution in [0.25, 0.3) is 22.0 Å². The molecule has 0 spiro atoms. The van der Waals surface area contributed by atoms with Gasteiger partial charge in [-0.05, 0) is 95.6 Å². The largest absolute Gasteiger partial charge is 0.481 e. The fourth-order valence-corrected chi connectivity index (χ4v) is 6.34. The highest BCUT2D eigenvalue weighted by Crippen LogP contribution is 2.37. The number of carboxylic acids is 1. The van der Waals surface area contributed by atoms with Crippen molar-refractivity contribution in [2.24, 2.45) is 0 Å². The molecule has 0 amide bonds. The number of halogens is 4. The summed E-state index contributed by atoms with van der Waals surface area (Å²) in [6, 6.07) is 29.5. The quantitative estimate of drug-likeness (QED) is 0.0763. The molecular formula is C41H43F4NO3. The average molecular weight is 674 g/mol. The number of hydrogen-bond donors (Lipinski definition) is 2. The first-order valence-electron chi connectivity index (χ1n) is 17.1. The number of carbonyl (C=O) groups is 1. The fraction of sp³-hybridized carbons (Fsp3) is 0.341. The Morgan fingerprint density at radius 2 is 1.49 bits per heavy atom. The van der Waals surface area contributed by atoms with Crippen LogP contribution < -0.4 is 4.74 Å². The Bertz CT molecular complexity index is 1780. The lowest BCUT2D eigenvalue weighted by atomic mass is 9.86. The van der Waals surface area contributed by atoms with Crippen LogP contribution in [0.4, 0.5) is 17.6 Å². The third-order valence-corrected chi connectivity index (χ3v) is 9.05. The van der Waals surface area contributed by atoms with Gasteiger partial charge in [0.25, 0.3) is 0 Å². The van der Waals surface area contributed by atoms with Crippen molar-refractivity contribution >= 4 is 16.9 Å². The second-order valence-corrected chi connectivity index (χ2v) is 13.0.